The van der Waals surface area contributed by atoms with Gasteiger partial charge in [0, 0.05) is 29.2 Å². The molecule has 2 bridgehead atoms. The molecule has 1 fully saturated rings. The fourth-order valence-electron chi connectivity index (χ4n) is 7.66. The largest absolute Gasteiger partial charge is 0.481 e. The lowest BCUT2D eigenvalue weighted by atomic mass is 9.50. The van der Waals surface area contributed by atoms with Gasteiger partial charge in [0.1, 0.15) is 11.5 Å². The molecule has 4 aliphatic rings. The molecule has 49 heavy (non-hydrogen) atoms. The Labute approximate surface area is 279 Å². The molecule has 0 radical (unpaired) electrons. The van der Waals surface area contributed by atoms with Gasteiger partial charge in [-0.3, -0.25) is 9.59 Å². The number of hydrogen-bond donors (Lipinski definition) is 5. The molecular weight excluding hydrogens is 646 g/mol. The fourth-order valence-corrected chi connectivity index (χ4v) is 7.66. The summed E-state index contributed by atoms with van der Waals surface area (Å²) >= 11 is 0. The zero-order valence-electron chi connectivity index (χ0n) is 26.3. The zero-order valence-corrected chi connectivity index (χ0v) is 26.3. The third-order valence-electron chi connectivity index (χ3n) is 9.93. The van der Waals surface area contributed by atoms with Crippen molar-refractivity contribution in [3.63, 3.8) is 0 Å². The van der Waals surface area contributed by atoms with Crippen molar-refractivity contribution in [3.05, 3.63) is 76.6 Å². The Morgan fingerprint density at radius 1 is 1.02 bits per heavy atom. The summed E-state index contributed by atoms with van der Waals surface area (Å²) in [5.74, 6) is -6.68. The lowest BCUT2D eigenvalue weighted by molar-refractivity contribution is -0.183. The number of carboxylic acids is 2. The Balaban J connectivity index is 1.18. The molecule has 2 heterocycles. The van der Waals surface area contributed by atoms with E-state index in [4.69, 9.17) is 24.1 Å². The molecule has 0 amide bonds. The summed E-state index contributed by atoms with van der Waals surface area (Å²) in [7, 11) is 1.94. The van der Waals surface area contributed by atoms with Gasteiger partial charge in [-0.25, -0.2) is 14.4 Å². The summed E-state index contributed by atoms with van der Waals surface area (Å²) in [5.41, 5.74) is 0.0337. The average Bonchev–Trinajstić information content (AvgIpc) is 3.42. The third kappa shape index (κ3) is 5.71. The first-order valence-electron chi connectivity index (χ1n) is 15.7. The predicted molar refractivity (Wildman–Crippen MR) is 163 cm³/mol. The van der Waals surface area contributed by atoms with Gasteiger partial charge in [0.15, 0.2) is 12.2 Å². The van der Waals surface area contributed by atoms with Crippen LogP contribution in [0.25, 0.3) is 0 Å². The molecule has 5 N–H and O–H groups in total. The number of likely N-dealkylation sites (tertiary alicyclic amines) is 1. The van der Waals surface area contributed by atoms with Gasteiger partial charge in [-0.1, -0.05) is 42.5 Å². The Kier molecular flexibility index (Phi) is 8.96. The van der Waals surface area contributed by atoms with Crippen molar-refractivity contribution in [1.82, 2.24) is 4.90 Å². The number of nitrogens with zero attached hydrogens (tertiary/aromatic N) is 1. The summed E-state index contributed by atoms with van der Waals surface area (Å²) in [6.07, 6.45) is -6.35. The van der Waals surface area contributed by atoms with Crippen LogP contribution in [-0.2, 0) is 56.6 Å². The molecular formula is C34H35NO14. The Bertz CT molecular complexity index is 1720. The van der Waals surface area contributed by atoms with Crippen LogP contribution in [0.4, 0.5) is 0 Å². The van der Waals surface area contributed by atoms with Crippen molar-refractivity contribution in [2.24, 2.45) is 0 Å². The van der Waals surface area contributed by atoms with Crippen LogP contribution in [-0.4, -0.2) is 104 Å². The lowest BCUT2D eigenvalue weighted by Gasteiger charge is -2.61. The van der Waals surface area contributed by atoms with Crippen LogP contribution >= 0.6 is 0 Å². The maximum Gasteiger partial charge on any atom is 0.353 e. The number of benzene rings is 2. The maximum atomic E-state index is 13.2. The SMILES string of the molecule is CN1CC[C@]23c4c5ccc(CO)c4O[C@H]2C(OC(=O)C[C@H](O)C(=O)O[C@H](C(=O)O[C@@H](CC(=O)O)C(=O)O)c2ccccc2)=CC[C@@]3(O)[C@H]1C5. The number of esters is 3. The number of likely N-dealkylation sites (N-methyl/N-ethyl adjacent to an activating group) is 1. The predicted octanol–water partition coefficient (Wildman–Crippen LogP) is 0.506. The first-order valence-corrected chi connectivity index (χ1v) is 15.7. The van der Waals surface area contributed by atoms with Gasteiger partial charge in [-0.2, -0.15) is 0 Å². The number of ether oxygens (including phenoxy) is 4. The van der Waals surface area contributed by atoms with Gasteiger partial charge in [-0.05, 0) is 38.1 Å². The second-order valence-electron chi connectivity index (χ2n) is 12.7. The third-order valence-corrected chi connectivity index (χ3v) is 9.93. The van der Waals surface area contributed by atoms with E-state index >= 15 is 0 Å². The number of carbonyl (C=O) groups excluding carboxylic acids is 3. The molecule has 0 unspecified atom stereocenters. The second kappa shape index (κ2) is 12.9. The Hall–Kier alpha value is -4.83. The highest BCUT2D eigenvalue weighted by Crippen LogP contribution is 2.64. The number of carboxylic acid groups (broad SMARTS) is 2. The molecule has 6 rings (SSSR count). The molecule has 1 saturated heterocycles. The smallest absolute Gasteiger partial charge is 0.353 e. The van der Waals surface area contributed by atoms with E-state index in [0.717, 1.165) is 11.1 Å². The molecule has 2 aliphatic heterocycles. The number of piperidine rings is 1. The summed E-state index contributed by atoms with van der Waals surface area (Å²) in [4.78, 5) is 63.7. The molecule has 2 aromatic rings. The normalized spacial score (nSPS) is 26.6. The summed E-state index contributed by atoms with van der Waals surface area (Å²) in [5, 5.41) is 51.3. The number of aliphatic carboxylic acids is 2. The van der Waals surface area contributed by atoms with Crippen molar-refractivity contribution in [3.8, 4) is 5.75 Å². The zero-order chi connectivity index (χ0) is 35.2. The van der Waals surface area contributed by atoms with E-state index in [9.17, 15) is 44.4 Å². The number of aliphatic hydroxyl groups excluding tert-OH is 2. The quantitative estimate of drug-likeness (QED) is 0.152. The summed E-state index contributed by atoms with van der Waals surface area (Å²) in [6, 6.07) is 10.7. The number of aliphatic hydroxyl groups is 3. The van der Waals surface area contributed by atoms with Crippen LogP contribution in [0.1, 0.15) is 54.0 Å². The highest BCUT2D eigenvalue weighted by molar-refractivity contribution is 5.87. The molecule has 15 heteroatoms. The van der Waals surface area contributed by atoms with E-state index in [-0.39, 0.29) is 30.4 Å². The van der Waals surface area contributed by atoms with E-state index < -0.39 is 78.1 Å². The van der Waals surface area contributed by atoms with Crippen molar-refractivity contribution in [1.29, 1.82) is 0 Å². The van der Waals surface area contributed by atoms with Gasteiger partial charge in [0.25, 0.3) is 0 Å². The molecule has 7 atom stereocenters. The first-order chi connectivity index (χ1) is 23.3. The minimum Gasteiger partial charge on any atom is -0.481 e. The molecule has 1 spiro atoms. The van der Waals surface area contributed by atoms with Gasteiger partial charge < -0.3 is 49.4 Å². The van der Waals surface area contributed by atoms with E-state index in [1.807, 2.05) is 13.1 Å². The minimum absolute atomic E-state index is 0.0256. The highest BCUT2D eigenvalue weighted by Gasteiger charge is 2.71. The molecule has 15 nitrogen and oxygen atoms in total. The van der Waals surface area contributed by atoms with Gasteiger partial charge in [-0.15, -0.1) is 0 Å². The van der Waals surface area contributed by atoms with E-state index in [0.29, 0.717) is 30.7 Å². The topological polar surface area (TPSA) is 227 Å². The fraction of sp³-hybridized carbons (Fsp3) is 0.441. The standard InChI is InChI=1S/C34H35NO14/c1-35-12-11-33-26-18-7-8-19(16-36)27(26)48-29(33)21(9-10-34(33,45)23(35)13-18)46-25(40)14-20(37)31(43)49-28(17-5-3-2-4-6-17)32(44)47-22(30(41)42)15-24(38)39/h2-9,20,22-23,28-29,36-37,45H,10-16H2,1H3,(H,38,39)(H,41,42)/t20-,22-,23+,28-,29-,33-,34+/m0/s1. The van der Waals surface area contributed by atoms with Gasteiger partial charge in [0.05, 0.1) is 30.5 Å². The lowest BCUT2D eigenvalue weighted by Crippen LogP contribution is -2.74. The van der Waals surface area contributed by atoms with Crippen molar-refractivity contribution >= 4 is 29.8 Å². The van der Waals surface area contributed by atoms with E-state index in [2.05, 4.69) is 4.90 Å². The van der Waals surface area contributed by atoms with Crippen LogP contribution in [0.15, 0.2) is 54.3 Å². The molecule has 0 aromatic heterocycles. The van der Waals surface area contributed by atoms with Crippen molar-refractivity contribution < 1.29 is 68.5 Å². The molecule has 2 aliphatic carbocycles. The van der Waals surface area contributed by atoms with Crippen LogP contribution in [0.2, 0.25) is 0 Å². The van der Waals surface area contributed by atoms with Crippen LogP contribution in [0.3, 0.4) is 0 Å². The minimum atomic E-state index is -2.14. The van der Waals surface area contributed by atoms with Crippen LogP contribution in [0, 0.1) is 0 Å². The highest BCUT2D eigenvalue weighted by atomic mass is 16.6. The molecule has 260 valence electrons. The van der Waals surface area contributed by atoms with Crippen molar-refractivity contribution in [2.75, 3.05) is 13.6 Å². The molecule has 0 saturated carbocycles. The summed E-state index contributed by atoms with van der Waals surface area (Å²) in [6.45, 7) is 0.309. The maximum absolute atomic E-state index is 13.2. The number of hydrogen-bond acceptors (Lipinski definition) is 13. The first kappa shape index (κ1) is 34.0. The second-order valence-corrected chi connectivity index (χ2v) is 12.7. The average molecular weight is 682 g/mol. The number of carbonyl (C=O) groups is 5. The Morgan fingerprint density at radius 3 is 2.43 bits per heavy atom. The van der Waals surface area contributed by atoms with Gasteiger partial charge >= 0.3 is 29.8 Å². The van der Waals surface area contributed by atoms with E-state index in [1.54, 1.807) is 18.2 Å². The van der Waals surface area contributed by atoms with E-state index in [1.165, 1.54) is 24.3 Å². The summed E-state index contributed by atoms with van der Waals surface area (Å²) < 4.78 is 22.1. The van der Waals surface area contributed by atoms with Crippen LogP contribution in [0.5, 0.6) is 5.75 Å². The monoisotopic (exact) mass is 681 g/mol. The van der Waals surface area contributed by atoms with Crippen molar-refractivity contribution in [2.45, 2.75) is 80.2 Å². The van der Waals surface area contributed by atoms with Crippen LogP contribution < -0.4 is 4.74 Å². The molecule has 2 aromatic carbocycles. The Morgan fingerprint density at radius 2 is 1.76 bits per heavy atom. The number of rotatable bonds is 12. The van der Waals surface area contributed by atoms with Gasteiger partial charge in [0.2, 0.25) is 12.2 Å².